The second-order valence-corrected chi connectivity index (χ2v) is 6.64. The average Bonchev–Trinajstić information content (AvgIpc) is 2.77. The number of hydrogen-bond donors (Lipinski definition) is 0. The van der Waals surface area contributed by atoms with Gasteiger partial charge in [0.15, 0.2) is 5.12 Å². The molecule has 2 rings (SSSR count). The molecule has 21 heavy (non-hydrogen) atoms. The molecular formula is C16H21NO3S. The van der Waals surface area contributed by atoms with Gasteiger partial charge in [0.2, 0.25) is 5.91 Å². The minimum Gasteiger partial charge on any atom is -0.377 e. The maximum absolute atomic E-state index is 12.0. The zero-order valence-corrected chi connectivity index (χ0v) is 13.3. The number of nitrogens with zero attached hydrogens (tertiary/aromatic N) is 1. The highest BCUT2D eigenvalue weighted by Crippen LogP contribution is 2.25. The van der Waals surface area contributed by atoms with E-state index >= 15 is 0 Å². The Labute approximate surface area is 129 Å². The Kier molecular flexibility index (Phi) is 5.82. The molecule has 1 heterocycles. The Balaban J connectivity index is 1.89. The van der Waals surface area contributed by atoms with Crippen molar-refractivity contribution in [2.24, 2.45) is 0 Å². The molecule has 1 unspecified atom stereocenters. The summed E-state index contributed by atoms with van der Waals surface area (Å²) in [4.78, 5) is 24.9. The Bertz CT molecular complexity index is 501. The fourth-order valence-corrected chi connectivity index (χ4v) is 3.33. The lowest BCUT2D eigenvalue weighted by atomic mass is 10.1. The van der Waals surface area contributed by atoms with Crippen molar-refractivity contribution < 1.29 is 14.3 Å². The summed E-state index contributed by atoms with van der Waals surface area (Å²) in [6, 6.07) is 8.14. The highest BCUT2D eigenvalue weighted by Gasteiger charge is 2.30. The summed E-state index contributed by atoms with van der Waals surface area (Å²) in [6.07, 6.45) is 0.465. The fourth-order valence-electron chi connectivity index (χ4n) is 2.38. The van der Waals surface area contributed by atoms with E-state index < -0.39 is 0 Å². The number of hydrogen-bond acceptors (Lipinski definition) is 4. The molecular weight excluding hydrogens is 286 g/mol. The summed E-state index contributed by atoms with van der Waals surface area (Å²) in [6.45, 7) is 6.13. The fraction of sp³-hybridized carbons (Fsp3) is 0.500. The van der Waals surface area contributed by atoms with Crippen LogP contribution in [0.4, 0.5) is 0 Å². The molecule has 4 nitrogen and oxygen atoms in total. The molecule has 1 aromatic carbocycles. The van der Waals surface area contributed by atoms with Gasteiger partial charge in [-0.25, -0.2) is 0 Å². The van der Waals surface area contributed by atoms with Crippen LogP contribution in [0.25, 0.3) is 0 Å². The van der Waals surface area contributed by atoms with E-state index in [-0.39, 0.29) is 16.3 Å². The molecule has 0 aromatic heterocycles. The van der Waals surface area contributed by atoms with E-state index in [2.05, 4.69) is 0 Å². The van der Waals surface area contributed by atoms with E-state index in [1.165, 1.54) is 11.8 Å². The van der Waals surface area contributed by atoms with Gasteiger partial charge in [0.05, 0.1) is 6.61 Å². The summed E-state index contributed by atoms with van der Waals surface area (Å²) in [5, 5.41) is 0.183. The van der Waals surface area contributed by atoms with E-state index in [1.807, 2.05) is 36.1 Å². The lowest BCUT2D eigenvalue weighted by molar-refractivity contribution is -0.128. The highest BCUT2D eigenvalue weighted by atomic mass is 32.2. The van der Waals surface area contributed by atoms with Crippen molar-refractivity contribution in [3.63, 3.8) is 0 Å². The first-order chi connectivity index (χ1) is 10.1. The summed E-state index contributed by atoms with van der Waals surface area (Å²) in [7, 11) is 0. The van der Waals surface area contributed by atoms with Gasteiger partial charge >= 0.3 is 0 Å². The van der Waals surface area contributed by atoms with Gasteiger partial charge in [-0.1, -0.05) is 36.0 Å². The van der Waals surface area contributed by atoms with Crippen LogP contribution in [0, 0.1) is 0 Å². The van der Waals surface area contributed by atoms with Crippen LogP contribution < -0.4 is 0 Å². The predicted molar refractivity (Wildman–Crippen MR) is 83.9 cm³/mol. The molecule has 1 aliphatic heterocycles. The van der Waals surface area contributed by atoms with Crippen LogP contribution in [0.3, 0.4) is 0 Å². The molecule has 0 radical (unpaired) electrons. The van der Waals surface area contributed by atoms with Gasteiger partial charge in [-0.2, -0.15) is 0 Å². The summed E-state index contributed by atoms with van der Waals surface area (Å²) < 4.78 is 5.36. The standard InChI is InChI=1S/C16H21NO3S/c1-3-20-11-14-6-4-13(5-7-14)9-17-10-15(8-16(17)19)21-12(2)18/h4-7,15H,3,8-11H2,1-2H3. The Hall–Kier alpha value is -1.33. The summed E-state index contributed by atoms with van der Waals surface area (Å²) >= 11 is 1.27. The number of likely N-dealkylation sites (tertiary alicyclic amines) is 1. The number of carbonyl (C=O) groups excluding carboxylic acids is 2. The molecule has 0 aliphatic carbocycles. The second kappa shape index (κ2) is 7.61. The lowest BCUT2D eigenvalue weighted by Gasteiger charge is -2.16. The number of amides is 1. The van der Waals surface area contributed by atoms with E-state index in [0.717, 1.165) is 11.1 Å². The lowest BCUT2D eigenvalue weighted by Crippen LogP contribution is -2.25. The third-order valence-corrected chi connectivity index (χ3v) is 4.36. The molecule has 1 amide bonds. The van der Waals surface area contributed by atoms with Crippen molar-refractivity contribution in [1.82, 2.24) is 4.90 Å². The van der Waals surface area contributed by atoms with E-state index in [9.17, 15) is 9.59 Å². The van der Waals surface area contributed by atoms with Crippen molar-refractivity contribution in [1.29, 1.82) is 0 Å². The molecule has 5 heteroatoms. The largest absolute Gasteiger partial charge is 0.377 e. The number of thioether (sulfide) groups is 1. The summed E-state index contributed by atoms with van der Waals surface area (Å²) in [5.41, 5.74) is 2.25. The molecule has 0 bridgehead atoms. The van der Waals surface area contributed by atoms with Crippen LogP contribution in [0.5, 0.6) is 0 Å². The van der Waals surface area contributed by atoms with Crippen molar-refractivity contribution in [3.8, 4) is 0 Å². The maximum Gasteiger partial charge on any atom is 0.224 e. The third kappa shape index (κ3) is 4.86. The van der Waals surface area contributed by atoms with Crippen molar-refractivity contribution >= 4 is 22.8 Å². The van der Waals surface area contributed by atoms with E-state index in [4.69, 9.17) is 4.74 Å². The van der Waals surface area contributed by atoms with E-state index in [0.29, 0.717) is 32.7 Å². The van der Waals surface area contributed by atoms with Gasteiger partial charge in [0, 0.05) is 38.3 Å². The highest BCUT2D eigenvalue weighted by molar-refractivity contribution is 8.14. The zero-order valence-electron chi connectivity index (χ0n) is 12.5. The predicted octanol–water partition coefficient (Wildman–Crippen LogP) is 2.60. The first kappa shape index (κ1) is 16.0. The molecule has 1 aromatic rings. The number of rotatable bonds is 6. The SMILES string of the molecule is CCOCc1ccc(CN2CC(SC(C)=O)CC2=O)cc1. The Morgan fingerprint density at radius 2 is 2.00 bits per heavy atom. The van der Waals surface area contributed by atoms with Crippen LogP contribution >= 0.6 is 11.8 Å². The van der Waals surface area contributed by atoms with Gasteiger partial charge in [0.25, 0.3) is 0 Å². The van der Waals surface area contributed by atoms with Gasteiger partial charge in [-0.05, 0) is 18.1 Å². The van der Waals surface area contributed by atoms with Crippen LogP contribution in [0.2, 0.25) is 0 Å². The minimum atomic E-state index is 0.0786. The molecule has 1 atom stereocenters. The quantitative estimate of drug-likeness (QED) is 0.810. The Morgan fingerprint density at radius 3 is 2.62 bits per heavy atom. The van der Waals surface area contributed by atoms with Crippen LogP contribution in [0.15, 0.2) is 24.3 Å². The van der Waals surface area contributed by atoms with Crippen LogP contribution in [0.1, 0.15) is 31.4 Å². The molecule has 114 valence electrons. The monoisotopic (exact) mass is 307 g/mol. The van der Waals surface area contributed by atoms with Crippen molar-refractivity contribution in [3.05, 3.63) is 35.4 Å². The zero-order chi connectivity index (χ0) is 15.2. The second-order valence-electron chi connectivity index (χ2n) is 5.16. The number of benzene rings is 1. The first-order valence-corrected chi connectivity index (χ1v) is 8.07. The van der Waals surface area contributed by atoms with E-state index in [1.54, 1.807) is 6.92 Å². The smallest absolute Gasteiger partial charge is 0.224 e. The number of carbonyl (C=O) groups is 2. The molecule has 1 fully saturated rings. The molecule has 0 spiro atoms. The minimum absolute atomic E-state index is 0.0786. The molecule has 1 aliphatic rings. The van der Waals surface area contributed by atoms with Gasteiger partial charge < -0.3 is 9.64 Å². The number of ether oxygens (including phenoxy) is 1. The first-order valence-electron chi connectivity index (χ1n) is 7.19. The van der Waals surface area contributed by atoms with Crippen LogP contribution in [-0.2, 0) is 27.5 Å². The van der Waals surface area contributed by atoms with Gasteiger partial charge in [0.1, 0.15) is 0 Å². The van der Waals surface area contributed by atoms with Crippen LogP contribution in [-0.4, -0.2) is 34.3 Å². The van der Waals surface area contributed by atoms with Crippen molar-refractivity contribution in [2.75, 3.05) is 13.2 Å². The molecule has 0 N–H and O–H groups in total. The summed E-state index contributed by atoms with van der Waals surface area (Å²) in [5.74, 6) is 0.132. The Morgan fingerprint density at radius 1 is 1.33 bits per heavy atom. The molecule has 1 saturated heterocycles. The van der Waals surface area contributed by atoms with Gasteiger partial charge in [-0.15, -0.1) is 0 Å². The molecule has 0 saturated carbocycles. The van der Waals surface area contributed by atoms with Crippen molar-refractivity contribution in [2.45, 2.75) is 38.7 Å². The van der Waals surface area contributed by atoms with Gasteiger partial charge in [-0.3, -0.25) is 9.59 Å². The topological polar surface area (TPSA) is 46.6 Å². The maximum atomic E-state index is 12.0. The average molecular weight is 307 g/mol. The normalized spacial score (nSPS) is 18.3. The third-order valence-electron chi connectivity index (χ3n) is 3.38.